The summed E-state index contributed by atoms with van der Waals surface area (Å²) in [5.41, 5.74) is 2.13. The van der Waals surface area contributed by atoms with E-state index in [2.05, 4.69) is 21.3 Å². The number of benzene rings is 2. The van der Waals surface area contributed by atoms with Gasteiger partial charge < -0.3 is 15.3 Å². The Hall–Kier alpha value is -3.50. The summed E-state index contributed by atoms with van der Waals surface area (Å²) in [6, 6.07) is 16.8. The van der Waals surface area contributed by atoms with Gasteiger partial charge >= 0.3 is 0 Å². The summed E-state index contributed by atoms with van der Waals surface area (Å²) in [5, 5.41) is 23.6. The maximum Gasteiger partial charge on any atom is 0.255 e. The Morgan fingerprint density at radius 2 is 1.83 bits per heavy atom. The molecule has 2 heterocycles. The van der Waals surface area contributed by atoms with Gasteiger partial charge in [0.1, 0.15) is 5.82 Å². The summed E-state index contributed by atoms with van der Waals surface area (Å²) in [4.78, 5) is 20.0. The summed E-state index contributed by atoms with van der Waals surface area (Å²) in [7, 11) is 0. The second kappa shape index (κ2) is 9.63. The van der Waals surface area contributed by atoms with Crippen LogP contribution in [0, 0.1) is 17.1 Å². The number of pyridine rings is 1. The van der Waals surface area contributed by atoms with Gasteiger partial charge in [0.25, 0.3) is 5.91 Å². The topological polar surface area (TPSA) is 89.2 Å². The third kappa shape index (κ3) is 4.59. The van der Waals surface area contributed by atoms with E-state index >= 15 is 0 Å². The quantitative estimate of drug-likeness (QED) is 0.585. The largest absolute Gasteiger partial charge is 0.393 e. The highest BCUT2D eigenvalue weighted by molar-refractivity contribution is 6.07. The third-order valence-electron chi connectivity index (χ3n) is 7.55. The highest BCUT2D eigenvalue weighted by Crippen LogP contribution is 2.39. The van der Waals surface area contributed by atoms with Crippen LogP contribution in [0.15, 0.2) is 54.7 Å². The fourth-order valence-electron chi connectivity index (χ4n) is 5.48. The van der Waals surface area contributed by atoms with E-state index < -0.39 is 5.41 Å². The normalized spacial score (nSPS) is 21.9. The van der Waals surface area contributed by atoms with Crippen LogP contribution < -0.4 is 10.2 Å². The van der Waals surface area contributed by atoms with Gasteiger partial charge in [0.05, 0.1) is 34.4 Å². The number of aromatic nitrogens is 1. The molecule has 1 amide bonds. The van der Waals surface area contributed by atoms with Crippen LogP contribution >= 0.6 is 0 Å². The second-order valence-corrected chi connectivity index (χ2v) is 9.71. The van der Waals surface area contributed by atoms with Gasteiger partial charge in [0.2, 0.25) is 0 Å². The van der Waals surface area contributed by atoms with Crippen LogP contribution in [0.2, 0.25) is 0 Å². The molecule has 0 bridgehead atoms. The number of hydrogen-bond acceptors (Lipinski definition) is 5. The molecule has 2 aromatic carbocycles. The van der Waals surface area contributed by atoms with Crippen LogP contribution in [-0.2, 0) is 5.41 Å². The average molecular weight is 473 g/mol. The van der Waals surface area contributed by atoms with E-state index in [0.29, 0.717) is 60.9 Å². The van der Waals surface area contributed by atoms with Gasteiger partial charge in [0, 0.05) is 30.7 Å². The van der Waals surface area contributed by atoms with Crippen LogP contribution in [-0.4, -0.2) is 41.2 Å². The number of hydrogen-bond donors (Lipinski definition) is 2. The zero-order valence-electron chi connectivity index (χ0n) is 19.6. The molecule has 1 aliphatic heterocycles. The van der Waals surface area contributed by atoms with Gasteiger partial charge in [0.15, 0.2) is 0 Å². The Labute approximate surface area is 204 Å². The molecule has 35 heavy (non-hydrogen) atoms. The Bertz CT molecular complexity index is 1260. The van der Waals surface area contributed by atoms with E-state index in [1.54, 1.807) is 12.3 Å². The van der Waals surface area contributed by atoms with Crippen molar-refractivity contribution in [2.24, 2.45) is 0 Å². The number of piperidine rings is 1. The second-order valence-electron chi connectivity index (χ2n) is 9.71. The summed E-state index contributed by atoms with van der Waals surface area (Å²) in [6.45, 7) is 1.13. The molecule has 3 aromatic rings. The number of nitrogens with one attached hydrogen (secondary N) is 1. The first kappa shape index (κ1) is 23.3. The lowest BCUT2D eigenvalue weighted by atomic mass is 9.74. The van der Waals surface area contributed by atoms with E-state index in [1.165, 1.54) is 12.1 Å². The molecule has 0 unspecified atom stereocenters. The SMILES string of the molecule is N#CC1(c2ccccc2)CCN(c2c(C(=O)N[C@H]3CC[C@H](O)CC3)cnc3ccc(F)cc23)CC1. The van der Waals surface area contributed by atoms with Crippen LogP contribution in [0.25, 0.3) is 10.9 Å². The van der Waals surface area contributed by atoms with Gasteiger partial charge in [-0.2, -0.15) is 5.26 Å². The lowest BCUT2D eigenvalue weighted by Gasteiger charge is -2.39. The lowest BCUT2D eigenvalue weighted by molar-refractivity contribution is 0.0868. The van der Waals surface area contributed by atoms with Gasteiger partial charge in [-0.25, -0.2) is 4.39 Å². The van der Waals surface area contributed by atoms with Gasteiger partial charge in [-0.1, -0.05) is 30.3 Å². The average Bonchev–Trinajstić information content (AvgIpc) is 2.90. The number of anilines is 1. The Balaban J connectivity index is 1.47. The monoisotopic (exact) mass is 472 g/mol. The lowest BCUT2D eigenvalue weighted by Crippen LogP contribution is -2.43. The van der Waals surface area contributed by atoms with Gasteiger partial charge in [-0.05, 0) is 62.3 Å². The molecular formula is C28H29FN4O2. The number of rotatable bonds is 4. The number of carbonyl (C=O) groups excluding carboxylic acids is 1. The molecule has 2 aliphatic rings. The van der Waals surface area contributed by atoms with Crippen molar-refractivity contribution >= 4 is 22.5 Å². The number of aliphatic hydroxyl groups excluding tert-OH is 1. The molecule has 2 fully saturated rings. The molecule has 1 aliphatic carbocycles. The van der Waals surface area contributed by atoms with Crippen LogP contribution in [0.3, 0.4) is 0 Å². The van der Waals surface area contributed by atoms with E-state index in [-0.39, 0.29) is 23.9 Å². The smallest absolute Gasteiger partial charge is 0.255 e. The van der Waals surface area contributed by atoms with Crippen molar-refractivity contribution in [3.63, 3.8) is 0 Å². The van der Waals surface area contributed by atoms with Crippen molar-refractivity contribution in [3.05, 3.63) is 71.7 Å². The van der Waals surface area contributed by atoms with Crippen molar-refractivity contribution in [1.29, 1.82) is 5.26 Å². The van der Waals surface area contributed by atoms with E-state index in [9.17, 15) is 19.6 Å². The molecule has 1 saturated heterocycles. The first-order valence-corrected chi connectivity index (χ1v) is 12.3. The number of halogens is 1. The molecule has 180 valence electrons. The van der Waals surface area contributed by atoms with Crippen molar-refractivity contribution in [1.82, 2.24) is 10.3 Å². The summed E-state index contributed by atoms with van der Waals surface area (Å²) >= 11 is 0. The zero-order chi connectivity index (χ0) is 24.4. The van der Waals surface area contributed by atoms with Crippen LogP contribution in [0.4, 0.5) is 10.1 Å². The number of nitriles is 1. The van der Waals surface area contributed by atoms with E-state index in [0.717, 1.165) is 18.4 Å². The third-order valence-corrected chi connectivity index (χ3v) is 7.55. The standard InChI is InChI=1S/C28H29FN4O2/c29-20-6-11-25-23(16-20)26(24(17-31-25)27(35)32-21-7-9-22(34)10-8-21)33-14-12-28(18-30,13-15-33)19-4-2-1-3-5-19/h1-6,11,16-17,21-22,34H,7-10,12-15H2,(H,32,35)/t21-,22-. The highest BCUT2D eigenvalue weighted by Gasteiger charge is 2.38. The molecule has 5 rings (SSSR count). The summed E-state index contributed by atoms with van der Waals surface area (Å²) in [6.07, 6.45) is 5.27. The molecule has 0 atom stereocenters. The van der Waals surface area contributed by atoms with Gasteiger partial charge in [-0.15, -0.1) is 0 Å². The van der Waals surface area contributed by atoms with Crippen molar-refractivity contribution in [2.45, 2.75) is 56.1 Å². The fourth-order valence-corrected chi connectivity index (χ4v) is 5.48. The molecule has 0 spiro atoms. The molecule has 6 nitrogen and oxygen atoms in total. The highest BCUT2D eigenvalue weighted by atomic mass is 19.1. The van der Waals surface area contributed by atoms with Crippen LogP contribution in [0.5, 0.6) is 0 Å². The zero-order valence-corrected chi connectivity index (χ0v) is 19.6. The molecule has 1 saturated carbocycles. The maximum atomic E-state index is 14.3. The minimum Gasteiger partial charge on any atom is -0.393 e. The van der Waals surface area contributed by atoms with Crippen molar-refractivity contribution < 1.29 is 14.3 Å². The molecule has 2 N–H and O–H groups in total. The Kier molecular flexibility index (Phi) is 6.40. The number of fused-ring (bicyclic) bond motifs is 1. The minimum atomic E-state index is -0.586. The van der Waals surface area contributed by atoms with E-state index in [1.807, 2.05) is 30.3 Å². The number of carbonyl (C=O) groups is 1. The predicted octanol–water partition coefficient (Wildman–Crippen LogP) is 4.47. The van der Waals surface area contributed by atoms with Crippen molar-refractivity contribution in [3.8, 4) is 6.07 Å². The number of amides is 1. The first-order chi connectivity index (χ1) is 17.0. The molecule has 7 heteroatoms. The number of aliphatic hydroxyl groups is 1. The molecular weight excluding hydrogens is 443 g/mol. The predicted molar refractivity (Wildman–Crippen MR) is 133 cm³/mol. The maximum absolute atomic E-state index is 14.3. The summed E-state index contributed by atoms with van der Waals surface area (Å²) < 4.78 is 14.3. The van der Waals surface area contributed by atoms with Crippen LogP contribution in [0.1, 0.15) is 54.4 Å². The molecule has 1 aromatic heterocycles. The Morgan fingerprint density at radius 3 is 2.51 bits per heavy atom. The summed E-state index contributed by atoms with van der Waals surface area (Å²) in [5.74, 6) is -0.618. The Morgan fingerprint density at radius 1 is 1.11 bits per heavy atom. The molecule has 0 radical (unpaired) electrons. The first-order valence-electron chi connectivity index (χ1n) is 12.3. The fraction of sp³-hybridized carbons (Fsp3) is 0.393. The van der Waals surface area contributed by atoms with E-state index in [4.69, 9.17) is 0 Å². The van der Waals surface area contributed by atoms with Crippen molar-refractivity contribution in [2.75, 3.05) is 18.0 Å². The van der Waals surface area contributed by atoms with Gasteiger partial charge in [-0.3, -0.25) is 9.78 Å². The number of nitrogens with zero attached hydrogens (tertiary/aromatic N) is 3. The minimum absolute atomic E-state index is 0.00682.